The molecule has 1 heterocycles. The molecule has 0 aliphatic heterocycles. The van der Waals surface area contributed by atoms with Crippen LogP contribution >= 0.6 is 0 Å². The second-order valence-corrected chi connectivity index (χ2v) is 6.55. The van der Waals surface area contributed by atoms with Crippen LogP contribution < -0.4 is 0 Å². The maximum Gasteiger partial charge on any atom is 0.0541 e. The van der Waals surface area contributed by atoms with Crippen molar-refractivity contribution in [1.82, 2.24) is 4.57 Å². The number of hydrogen-bond donors (Lipinski definition) is 0. The molecule has 4 rings (SSSR count). The molecular weight excluding hydrogens is 302 g/mol. The fraction of sp³-hybridized carbons (Fsp3) is 0.0833. The maximum atomic E-state index is 4.11. The SMILES string of the molecule is C=CC(=C)c1cc(C)c(-n2c3ccccc3c3ccccc32)cc1C. The molecule has 0 saturated heterocycles. The van der Waals surface area contributed by atoms with E-state index in [-0.39, 0.29) is 0 Å². The van der Waals surface area contributed by atoms with Crippen molar-refractivity contribution in [2.24, 2.45) is 0 Å². The minimum absolute atomic E-state index is 0.967. The van der Waals surface area contributed by atoms with Crippen LogP contribution in [0.3, 0.4) is 0 Å². The maximum absolute atomic E-state index is 4.11. The highest BCUT2D eigenvalue weighted by Gasteiger charge is 2.14. The molecule has 0 saturated carbocycles. The zero-order valence-electron chi connectivity index (χ0n) is 14.7. The van der Waals surface area contributed by atoms with E-state index in [9.17, 15) is 0 Å². The van der Waals surface area contributed by atoms with Gasteiger partial charge in [0, 0.05) is 16.5 Å². The standard InChI is InChI=1S/C24H21N/c1-5-16(2)21-14-18(4)24(15-17(21)3)25-22-12-8-6-10-19(22)20-11-7-9-13-23(20)25/h5-15H,1-2H2,3-4H3. The van der Waals surface area contributed by atoms with E-state index in [4.69, 9.17) is 0 Å². The molecule has 1 aromatic heterocycles. The van der Waals surface area contributed by atoms with Gasteiger partial charge < -0.3 is 4.57 Å². The number of rotatable bonds is 3. The normalized spacial score (nSPS) is 11.1. The van der Waals surface area contributed by atoms with Gasteiger partial charge >= 0.3 is 0 Å². The van der Waals surface area contributed by atoms with Gasteiger partial charge in [0.25, 0.3) is 0 Å². The Morgan fingerprint density at radius 1 is 0.840 bits per heavy atom. The number of hydrogen-bond acceptors (Lipinski definition) is 0. The second kappa shape index (κ2) is 5.78. The first-order valence-corrected chi connectivity index (χ1v) is 8.53. The lowest BCUT2D eigenvalue weighted by molar-refractivity contribution is 1.14. The van der Waals surface area contributed by atoms with Crippen LogP contribution in [0.1, 0.15) is 16.7 Å². The average Bonchev–Trinajstić information content (AvgIpc) is 2.97. The Balaban J connectivity index is 2.09. The summed E-state index contributed by atoms with van der Waals surface area (Å²) in [6.45, 7) is 12.3. The van der Waals surface area contributed by atoms with E-state index < -0.39 is 0 Å². The molecule has 0 radical (unpaired) electrons. The van der Waals surface area contributed by atoms with Crippen LogP contribution in [-0.4, -0.2) is 4.57 Å². The lowest BCUT2D eigenvalue weighted by Gasteiger charge is -2.15. The summed E-state index contributed by atoms with van der Waals surface area (Å²) in [5.74, 6) is 0. The van der Waals surface area contributed by atoms with Gasteiger partial charge in [0.2, 0.25) is 0 Å². The molecule has 0 bridgehead atoms. The first kappa shape index (κ1) is 15.5. The van der Waals surface area contributed by atoms with Crippen molar-refractivity contribution in [2.45, 2.75) is 13.8 Å². The Kier molecular flexibility index (Phi) is 3.58. The fourth-order valence-corrected chi connectivity index (χ4v) is 3.68. The van der Waals surface area contributed by atoms with Crippen molar-refractivity contribution in [3.8, 4) is 5.69 Å². The first-order chi connectivity index (χ1) is 12.1. The van der Waals surface area contributed by atoms with Gasteiger partial charge in [-0.15, -0.1) is 0 Å². The van der Waals surface area contributed by atoms with E-state index >= 15 is 0 Å². The Labute approximate surface area is 148 Å². The van der Waals surface area contributed by atoms with Crippen LogP contribution in [0, 0.1) is 13.8 Å². The summed E-state index contributed by atoms with van der Waals surface area (Å²) in [7, 11) is 0. The first-order valence-electron chi connectivity index (χ1n) is 8.53. The fourth-order valence-electron chi connectivity index (χ4n) is 3.68. The summed E-state index contributed by atoms with van der Waals surface area (Å²) in [6, 6.07) is 21.7. The van der Waals surface area contributed by atoms with Crippen LogP contribution in [0.5, 0.6) is 0 Å². The summed E-state index contributed by atoms with van der Waals surface area (Å²) >= 11 is 0. The number of allylic oxidation sites excluding steroid dienone is 2. The predicted octanol–water partition coefficient (Wildman–Crippen LogP) is 6.60. The molecule has 4 aromatic rings. The molecule has 122 valence electrons. The number of para-hydroxylation sites is 2. The highest BCUT2D eigenvalue weighted by molar-refractivity contribution is 6.09. The molecule has 1 nitrogen and oxygen atoms in total. The van der Waals surface area contributed by atoms with E-state index in [0.29, 0.717) is 0 Å². The molecule has 0 fully saturated rings. The molecule has 0 spiro atoms. The molecule has 0 aliphatic rings. The monoisotopic (exact) mass is 323 g/mol. The lowest BCUT2D eigenvalue weighted by Crippen LogP contribution is -2.00. The van der Waals surface area contributed by atoms with Gasteiger partial charge in [-0.2, -0.15) is 0 Å². The molecule has 0 unspecified atom stereocenters. The summed E-state index contributed by atoms with van der Waals surface area (Å²) < 4.78 is 2.37. The third kappa shape index (κ3) is 2.32. The van der Waals surface area contributed by atoms with Crippen molar-refractivity contribution in [2.75, 3.05) is 0 Å². The third-order valence-corrected chi connectivity index (χ3v) is 4.96. The number of fused-ring (bicyclic) bond motifs is 3. The van der Waals surface area contributed by atoms with E-state index in [0.717, 1.165) is 11.1 Å². The van der Waals surface area contributed by atoms with Crippen LogP contribution in [0.25, 0.3) is 33.1 Å². The zero-order chi connectivity index (χ0) is 17.6. The molecule has 0 N–H and O–H groups in total. The van der Waals surface area contributed by atoms with Crippen LogP contribution in [-0.2, 0) is 0 Å². The van der Waals surface area contributed by atoms with E-state index in [1.807, 2.05) is 6.08 Å². The molecule has 3 aromatic carbocycles. The van der Waals surface area contributed by atoms with Crippen LogP contribution in [0.4, 0.5) is 0 Å². The Morgan fingerprint density at radius 2 is 1.40 bits per heavy atom. The molecular formula is C24H21N. The number of aromatic nitrogens is 1. The molecule has 0 atom stereocenters. The van der Waals surface area contributed by atoms with E-state index in [1.54, 1.807) is 0 Å². The third-order valence-electron chi connectivity index (χ3n) is 4.96. The van der Waals surface area contributed by atoms with Gasteiger partial charge in [0.05, 0.1) is 11.0 Å². The van der Waals surface area contributed by atoms with E-state index in [1.165, 1.54) is 38.6 Å². The van der Waals surface area contributed by atoms with Gasteiger partial charge in [-0.3, -0.25) is 0 Å². The Hall–Kier alpha value is -3.06. The predicted molar refractivity (Wildman–Crippen MR) is 109 cm³/mol. The Morgan fingerprint density at radius 3 is 1.96 bits per heavy atom. The van der Waals surface area contributed by atoms with Gasteiger partial charge in [0.1, 0.15) is 0 Å². The quantitative estimate of drug-likeness (QED) is 0.374. The topological polar surface area (TPSA) is 4.93 Å². The zero-order valence-corrected chi connectivity index (χ0v) is 14.7. The van der Waals surface area contributed by atoms with Crippen LogP contribution in [0.15, 0.2) is 79.9 Å². The summed E-state index contributed by atoms with van der Waals surface area (Å²) in [5, 5.41) is 2.57. The van der Waals surface area contributed by atoms with Crippen molar-refractivity contribution >= 4 is 27.4 Å². The van der Waals surface area contributed by atoms with Gasteiger partial charge in [-0.1, -0.05) is 55.6 Å². The smallest absolute Gasteiger partial charge is 0.0541 e. The van der Waals surface area contributed by atoms with Gasteiger partial charge in [-0.25, -0.2) is 0 Å². The minimum Gasteiger partial charge on any atom is -0.309 e. The van der Waals surface area contributed by atoms with Crippen LogP contribution in [0.2, 0.25) is 0 Å². The largest absolute Gasteiger partial charge is 0.309 e. The lowest BCUT2D eigenvalue weighted by atomic mass is 9.98. The van der Waals surface area contributed by atoms with Gasteiger partial charge in [-0.05, 0) is 60.4 Å². The van der Waals surface area contributed by atoms with Crippen molar-refractivity contribution in [1.29, 1.82) is 0 Å². The van der Waals surface area contributed by atoms with E-state index in [2.05, 4.69) is 92.2 Å². The number of aryl methyl sites for hydroxylation is 2. The minimum atomic E-state index is 0.967. The summed E-state index contributed by atoms with van der Waals surface area (Å²) in [6.07, 6.45) is 1.82. The highest BCUT2D eigenvalue weighted by atomic mass is 15.0. The van der Waals surface area contributed by atoms with Crippen molar-refractivity contribution in [3.63, 3.8) is 0 Å². The Bertz CT molecular complexity index is 1090. The summed E-state index contributed by atoms with van der Waals surface area (Å²) in [5.41, 5.74) is 8.27. The van der Waals surface area contributed by atoms with Crippen molar-refractivity contribution < 1.29 is 0 Å². The summed E-state index contributed by atoms with van der Waals surface area (Å²) in [4.78, 5) is 0. The molecule has 0 aliphatic carbocycles. The number of nitrogens with zero attached hydrogens (tertiary/aromatic N) is 1. The average molecular weight is 323 g/mol. The molecule has 25 heavy (non-hydrogen) atoms. The highest BCUT2D eigenvalue weighted by Crippen LogP contribution is 2.34. The van der Waals surface area contributed by atoms with Gasteiger partial charge in [0.15, 0.2) is 0 Å². The van der Waals surface area contributed by atoms with Crippen molar-refractivity contribution in [3.05, 3.63) is 96.6 Å². The number of benzene rings is 3. The second-order valence-electron chi connectivity index (χ2n) is 6.55. The molecule has 0 amide bonds. The molecule has 1 heteroatoms.